The lowest BCUT2D eigenvalue weighted by Crippen LogP contribution is -2.62. The lowest BCUT2D eigenvalue weighted by Gasteiger charge is -2.62. The van der Waals surface area contributed by atoms with Crippen molar-refractivity contribution < 1.29 is 19.8 Å². The molecule has 3 saturated carbocycles. The molecule has 3 N–H and O–H groups in total. The molecule has 3 aliphatic carbocycles. The van der Waals surface area contributed by atoms with Gasteiger partial charge in [0, 0.05) is 37.3 Å². The molecule has 248 valence electrons. The molecule has 0 spiro atoms. The van der Waals surface area contributed by atoms with E-state index in [-0.39, 0.29) is 18.6 Å². The number of rotatable bonds is 14. The fourth-order valence-corrected chi connectivity index (χ4v) is 8.33. The topological polar surface area (TPSA) is 88.5 Å². The number of likely N-dealkylation sites (N-methyl/N-ethyl adjacent to an activating group) is 1. The zero-order chi connectivity index (χ0) is 32.3. The summed E-state index contributed by atoms with van der Waals surface area (Å²) in [4.78, 5) is 24.9. The highest BCUT2D eigenvalue weighted by molar-refractivity contribution is 5.82. The second kappa shape index (κ2) is 14.5. The van der Waals surface area contributed by atoms with Crippen LogP contribution in [-0.4, -0.2) is 90.7 Å². The SMILES string of the molecule is CC1[C@@H](NC(=O)[C@@H]2[C@H]([C@H](C)O)[C@H](CO)ON2Cc2cccc(N(CCCc3ccccc3)CCN(C)C)c2)C[C@H]2C[C@@H]1C2(C)C. The van der Waals surface area contributed by atoms with Crippen LogP contribution in [0.25, 0.3) is 0 Å². The average Bonchev–Trinajstić information content (AvgIpc) is 3.38. The molecule has 1 heterocycles. The van der Waals surface area contributed by atoms with E-state index in [1.165, 1.54) is 12.0 Å². The Balaban J connectivity index is 1.31. The highest BCUT2D eigenvalue weighted by Gasteiger charge is 2.57. The average molecular weight is 621 g/mol. The third kappa shape index (κ3) is 7.57. The van der Waals surface area contributed by atoms with Gasteiger partial charge in [-0.3, -0.25) is 9.63 Å². The third-order valence-electron chi connectivity index (χ3n) is 11.2. The Bertz CT molecular complexity index is 1250. The molecule has 6 rings (SSSR count). The van der Waals surface area contributed by atoms with Crippen molar-refractivity contribution in [1.82, 2.24) is 15.3 Å². The zero-order valence-corrected chi connectivity index (χ0v) is 28.2. The van der Waals surface area contributed by atoms with Crippen molar-refractivity contribution in [1.29, 1.82) is 0 Å². The summed E-state index contributed by atoms with van der Waals surface area (Å²) in [6.45, 7) is 11.6. The van der Waals surface area contributed by atoms with Crippen molar-refractivity contribution in [3.8, 4) is 0 Å². The Morgan fingerprint density at radius 2 is 1.80 bits per heavy atom. The molecular weight excluding hydrogens is 564 g/mol. The molecule has 8 atom stereocenters. The summed E-state index contributed by atoms with van der Waals surface area (Å²) in [6.07, 6.45) is 2.86. The largest absolute Gasteiger partial charge is 0.394 e. The first-order valence-corrected chi connectivity index (χ1v) is 17.0. The molecule has 4 aliphatic rings. The van der Waals surface area contributed by atoms with Gasteiger partial charge >= 0.3 is 0 Å². The van der Waals surface area contributed by atoms with Gasteiger partial charge in [0.1, 0.15) is 12.1 Å². The van der Waals surface area contributed by atoms with Crippen LogP contribution < -0.4 is 10.2 Å². The lowest BCUT2D eigenvalue weighted by atomic mass is 9.45. The fraction of sp³-hybridized carbons (Fsp3) is 0.649. The first kappa shape index (κ1) is 33.9. The lowest BCUT2D eigenvalue weighted by molar-refractivity contribution is -0.183. The molecule has 8 nitrogen and oxygen atoms in total. The minimum Gasteiger partial charge on any atom is -0.394 e. The Kier molecular flexibility index (Phi) is 10.9. The van der Waals surface area contributed by atoms with E-state index in [0.717, 1.165) is 50.1 Å². The molecule has 0 aromatic heterocycles. The number of aliphatic hydroxyl groups excluding tert-OH is 2. The Hall–Kier alpha value is -2.49. The molecule has 8 heteroatoms. The van der Waals surface area contributed by atoms with Gasteiger partial charge in [-0.15, -0.1) is 0 Å². The fourth-order valence-electron chi connectivity index (χ4n) is 8.33. The molecule has 1 amide bonds. The minimum absolute atomic E-state index is 0.113. The number of benzene rings is 2. The Morgan fingerprint density at radius 1 is 1.07 bits per heavy atom. The van der Waals surface area contributed by atoms with Crippen LogP contribution in [0.3, 0.4) is 0 Å². The van der Waals surface area contributed by atoms with Gasteiger partial charge in [-0.2, -0.15) is 5.06 Å². The summed E-state index contributed by atoms with van der Waals surface area (Å²) in [5.74, 6) is 0.995. The van der Waals surface area contributed by atoms with Crippen LogP contribution in [0.1, 0.15) is 58.1 Å². The Labute approximate surface area is 270 Å². The maximum atomic E-state index is 14.0. The molecule has 4 fully saturated rings. The summed E-state index contributed by atoms with van der Waals surface area (Å²) >= 11 is 0. The van der Waals surface area contributed by atoms with Crippen molar-refractivity contribution >= 4 is 11.6 Å². The molecule has 2 bridgehead atoms. The van der Waals surface area contributed by atoms with E-state index in [1.807, 2.05) is 0 Å². The number of aryl methyl sites for hydroxylation is 1. The number of nitrogens with one attached hydrogen (secondary N) is 1. The maximum Gasteiger partial charge on any atom is 0.240 e. The maximum absolute atomic E-state index is 14.0. The summed E-state index contributed by atoms with van der Waals surface area (Å²) < 4.78 is 0. The van der Waals surface area contributed by atoms with E-state index in [1.54, 1.807) is 12.0 Å². The van der Waals surface area contributed by atoms with Gasteiger partial charge in [-0.1, -0.05) is 63.2 Å². The highest BCUT2D eigenvalue weighted by atomic mass is 16.7. The van der Waals surface area contributed by atoms with E-state index >= 15 is 0 Å². The number of carbonyl (C=O) groups is 1. The number of amides is 1. The van der Waals surface area contributed by atoms with Gasteiger partial charge in [0.25, 0.3) is 0 Å². The van der Waals surface area contributed by atoms with Gasteiger partial charge in [0.2, 0.25) is 5.91 Å². The molecule has 0 radical (unpaired) electrons. The van der Waals surface area contributed by atoms with Crippen molar-refractivity contribution in [3.05, 3.63) is 65.7 Å². The van der Waals surface area contributed by atoms with Gasteiger partial charge < -0.3 is 25.3 Å². The normalized spacial score (nSPS) is 29.8. The standard InChI is InChI=1S/C37H56N4O4/c1-25-31-21-29(37(31,3)4)22-32(25)38-36(44)35-34(26(2)43)33(24-42)45-41(35)23-28-14-10-16-30(20-28)40(19-18-39(5)6)17-11-15-27-12-8-7-9-13-27/h7-10,12-14,16,20,25-26,29,31-35,42-43H,11,15,17-19,21-24H2,1-6H3,(H,38,44)/t25?,26-,29+,31-,32-,33-,34+,35-/m0/s1. The number of hydrogen-bond donors (Lipinski definition) is 3. The molecule has 1 saturated heterocycles. The van der Waals surface area contributed by atoms with Gasteiger partial charge in [0.15, 0.2) is 0 Å². The van der Waals surface area contributed by atoms with Crippen LogP contribution in [-0.2, 0) is 22.6 Å². The number of hydrogen-bond acceptors (Lipinski definition) is 7. The van der Waals surface area contributed by atoms with E-state index in [4.69, 9.17) is 4.84 Å². The molecule has 2 aromatic rings. The number of anilines is 1. The molecule has 1 aliphatic heterocycles. The van der Waals surface area contributed by atoms with Crippen LogP contribution in [0.4, 0.5) is 5.69 Å². The molecule has 2 aromatic carbocycles. The van der Waals surface area contributed by atoms with Gasteiger partial charge in [0.05, 0.1) is 19.3 Å². The summed E-state index contributed by atoms with van der Waals surface area (Å²) in [7, 11) is 4.20. The summed E-state index contributed by atoms with van der Waals surface area (Å²) in [5.41, 5.74) is 3.86. The third-order valence-corrected chi connectivity index (χ3v) is 11.2. The number of hydroxylamine groups is 2. The van der Waals surface area contributed by atoms with Crippen LogP contribution in [0.2, 0.25) is 0 Å². The summed E-state index contributed by atoms with van der Waals surface area (Å²) in [6, 6.07) is 18.5. The number of nitrogens with zero attached hydrogens (tertiary/aromatic N) is 3. The number of carbonyl (C=O) groups excluding carboxylic acids is 1. The molecule has 45 heavy (non-hydrogen) atoms. The van der Waals surface area contributed by atoms with E-state index in [9.17, 15) is 15.0 Å². The Morgan fingerprint density at radius 3 is 2.44 bits per heavy atom. The first-order chi connectivity index (χ1) is 21.5. The quantitative estimate of drug-likeness (QED) is 0.290. The van der Waals surface area contributed by atoms with E-state index in [2.05, 4.69) is 105 Å². The molecular formula is C37H56N4O4. The van der Waals surface area contributed by atoms with Crippen LogP contribution in [0.15, 0.2) is 54.6 Å². The van der Waals surface area contributed by atoms with Crippen molar-refractivity contribution in [2.45, 2.75) is 84.2 Å². The van der Waals surface area contributed by atoms with Crippen molar-refractivity contribution in [2.75, 3.05) is 45.2 Å². The number of fused-ring (bicyclic) bond motifs is 2. The van der Waals surface area contributed by atoms with Crippen molar-refractivity contribution in [3.63, 3.8) is 0 Å². The molecule has 1 unspecified atom stereocenters. The monoisotopic (exact) mass is 620 g/mol. The van der Waals surface area contributed by atoms with Crippen LogP contribution >= 0.6 is 0 Å². The van der Waals surface area contributed by atoms with Crippen molar-refractivity contribution in [2.24, 2.45) is 29.1 Å². The second-order valence-electron chi connectivity index (χ2n) is 14.8. The smallest absolute Gasteiger partial charge is 0.240 e. The van der Waals surface area contributed by atoms with E-state index in [0.29, 0.717) is 29.7 Å². The summed E-state index contributed by atoms with van der Waals surface area (Å²) in [5, 5.41) is 26.1. The van der Waals surface area contributed by atoms with Crippen LogP contribution in [0, 0.1) is 29.1 Å². The van der Waals surface area contributed by atoms with Gasteiger partial charge in [-0.25, -0.2) is 0 Å². The minimum atomic E-state index is -0.809. The van der Waals surface area contributed by atoms with E-state index < -0.39 is 24.2 Å². The predicted molar refractivity (Wildman–Crippen MR) is 180 cm³/mol. The number of aliphatic hydroxyl groups is 2. The first-order valence-electron chi connectivity index (χ1n) is 17.0. The second-order valence-corrected chi connectivity index (χ2v) is 14.8. The zero-order valence-electron chi connectivity index (χ0n) is 28.2. The highest BCUT2D eigenvalue weighted by Crippen LogP contribution is 2.61. The predicted octanol–water partition coefficient (Wildman–Crippen LogP) is 4.35. The van der Waals surface area contributed by atoms with Crippen LogP contribution in [0.5, 0.6) is 0 Å². The van der Waals surface area contributed by atoms with Gasteiger partial charge in [-0.05, 0) is 93.1 Å².